The monoisotopic (exact) mass is 380 g/mol. The summed E-state index contributed by atoms with van der Waals surface area (Å²) >= 11 is 5.90. The first-order chi connectivity index (χ1) is 11.8. The number of carbonyl (C=O) groups is 1. The van der Waals surface area contributed by atoms with Gasteiger partial charge in [0.1, 0.15) is 0 Å². The number of hydrogen-bond acceptors (Lipinski definition) is 5. The molecule has 132 valence electrons. The van der Waals surface area contributed by atoms with Gasteiger partial charge in [-0.3, -0.25) is 4.79 Å². The zero-order valence-electron chi connectivity index (χ0n) is 13.1. The normalized spacial score (nSPS) is 21.7. The Kier molecular flexibility index (Phi) is 4.99. The predicted molar refractivity (Wildman–Crippen MR) is 97.9 cm³/mol. The molecular formula is C17H17ClN2O4S. The fourth-order valence-corrected chi connectivity index (χ4v) is 4.63. The first kappa shape index (κ1) is 17.7. The lowest BCUT2D eigenvalue weighted by atomic mass is 10.1. The Labute approximate surface area is 150 Å². The van der Waals surface area contributed by atoms with Crippen molar-refractivity contribution >= 4 is 38.7 Å². The molecule has 0 unspecified atom stereocenters. The van der Waals surface area contributed by atoms with E-state index in [1.807, 2.05) is 0 Å². The van der Waals surface area contributed by atoms with E-state index in [4.69, 9.17) is 11.6 Å². The molecule has 0 saturated carbocycles. The van der Waals surface area contributed by atoms with E-state index in [2.05, 4.69) is 10.6 Å². The lowest BCUT2D eigenvalue weighted by molar-refractivity contribution is 0.102. The smallest absolute Gasteiger partial charge is 0.255 e. The van der Waals surface area contributed by atoms with Crippen LogP contribution in [0.5, 0.6) is 0 Å². The molecule has 3 rings (SSSR count). The van der Waals surface area contributed by atoms with Gasteiger partial charge in [-0.2, -0.15) is 0 Å². The molecule has 25 heavy (non-hydrogen) atoms. The van der Waals surface area contributed by atoms with Crippen molar-refractivity contribution in [3.05, 3.63) is 59.1 Å². The third kappa shape index (κ3) is 4.50. The summed E-state index contributed by atoms with van der Waals surface area (Å²) in [7, 11) is -3.24. The molecule has 1 heterocycles. The number of aliphatic hydroxyl groups excluding tert-OH is 1. The molecule has 1 fully saturated rings. The third-order valence-corrected chi connectivity index (χ3v) is 5.83. The van der Waals surface area contributed by atoms with Gasteiger partial charge in [-0.1, -0.05) is 23.7 Å². The first-order valence-electron chi connectivity index (χ1n) is 7.64. The Morgan fingerprint density at radius 1 is 1.08 bits per heavy atom. The number of benzene rings is 2. The number of nitrogens with one attached hydrogen (secondary N) is 2. The zero-order chi connectivity index (χ0) is 18.0. The van der Waals surface area contributed by atoms with E-state index in [1.54, 1.807) is 48.5 Å². The van der Waals surface area contributed by atoms with Crippen molar-refractivity contribution < 1.29 is 18.3 Å². The average molecular weight is 381 g/mol. The number of carbonyl (C=O) groups excluding carboxylic acids is 1. The van der Waals surface area contributed by atoms with Crippen molar-refractivity contribution in [1.29, 1.82) is 0 Å². The fourth-order valence-electron chi connectivity index (χ4n) is 2.70. The highest BCUT2D eigenvalue weighted by atomic mass is 35.5. The van der Waals surface area contributed by atoms with E-state index in [0.29, 0.717) is 22.0 Å². The molecule has 2 aromatic rings. The number of amides is 1. The maximum absolute atomic E-state index is 12.4. The maximum atomic E-state index is 12.4. The highest BCUT2D eigenvalue weighted by Crippen LogP contribution is 2.20. The zero-order valence-corrected chi connectivity index (χ0v) is 14.7. The van der Waals surface area contributed by atoms with E-state index >= 15 is 0 Å². The van der Waals surface area contributed by atoms with Crippen molar-refractivity contribution in [2.75, 3.05) is 22.1 Å². The van der Waals surface area contributed by atoms with Gasteiger partial charge in [-0.15, -0.1) is 0 Å². The van der Waals surface area contributed by atoms with Gasteiger partial charge in [-0.25, -0.2) is 8.42 Å². The van der Waals surface area contributed by atoms with E-state index in [9.17, 15) is 18.3 Å². The van der Waals surface area contributed by atoms with Crippen molar-refractivity contribution in [2.24, 2.45) is 0 Å². The molecule has 0 radical (unpaired) electrons. The Bertz CT molecular complexity index is 901. The minimum absolute atomic E-state index is 0.132. The second-order valence-corrected chi connectivity index (χ2v) is 8.53. The second-order valence-electron chi connectivity index (χ2n) is 5.94. The van der Waals surface area contributed by atoms with Crippen molar-refractivity contribution in [3.63, 3.8) is 0 Å². The van der Waals surface area contributed by atoms with Gasteiger partial charge in [-0.05, 0) is 36.4 Å². The van der Waals surface area contributed by atoms with Crippen LogP contribution in [0.3, 0.4) is 0 Å². The second kappa shape index (κ2) is 7.03. The van der Waals surface area contributed by atoms with E-state index in [-0.39, 0.29) is 17.4 Å². The van der Waals surface area contributed by atoms with Crippen LogP contribution in [0.2, 0.25) is 5.02 Å². The maximum Gasteiger partial charge on any atom is 0.255 e. The van der Waals surface area contributed by atoms with Gasteiger partial charge >= 0.3 is 0 Å². The molecule has 2 atom stereocenters. The topological polar surface area (TPSA) is 95.5 Å². The number of sulfone groups is 1. The number of hydrogen-bond donors (Lipinski definition) is 3. The molecule has 0 spiro atoms. The third-order valence-electron chi connectivity index (χ3n) is 3.88. The van der Waals surface area contributed by atoms with Crippen LogP contribution in [0.15, 0.2) is 48.5 Å². The summed E-state index contributed by atoms with van der Waals surface area (Å²) in [4.78, 5) is 12.4. The molecule has 1 aliphatic heterocycles. The number of aliphatic hydroxyl groups is 1. The molecule has 6 nitrogen and oxygen atoms in total. The van der Waals surface area contributed by atoms with E-state index < -0.39 is 22.0 Å². The number of anilines is 2. The van der Waals surface area contributed by atoms with E-state index in [1.165, 1.54) is 0 Å². The molecule has 1 saturated heterocycles. The van der Waals surface area contributed by atoms with Crippen molar-refractivity contribution in [3.8, 4) is 0 Å². The summed E-state index contributed by atoms with van der Waals surface area (Å²) in [5.74, 6) is -0.697. The van der Waals surface area contributed by atoms with Gasteiger partial charge in [0.25, 0.3) is 5.91 Å². The van der Waals surface area contributed by atoms with Gasteiger partial charge in [0.05, 0.1) is 23.7 Å². The average Bonchev–Trinajstić information content (AvgIpc) is 2.79. The van der Waals surface area contributed by atoms with Crippen LogP contribution in [-0.2, 0) is 9.84 Å². The fraction of sp³-hybridized carbons (Fsp3) is 0.235. The minimum Gasteiger partial charge on any atom is -0.390 e. The minimum atomic E-state index is -3.24. The Morgan fingerprint density at radius 3 is 2.48 bits per heavy atom. The number of rotatable bonds is 4. The SMILES string of the molecule is O=C(Nc1cccc(Cl)c1)c1cccc(N[C@H]2CS(=O)(=O)C[C@@H]2O)c1. The van der Waals surface area contributed by atoms with Gasteiger partial charge in [0.15, 0.2) is 9.84 Å². The van der Waals surface area contributed by atoms with Crippen LogP contribution in [0, 0.1) is 0 Å². The molecule has 3 N–H and O–H groups in total. The van der Waals surface area contributed by atoms with Crippen LogP contribution in [0.1, 0.15) is 10.4 Å². The van der Waals surface area contributed by atoms with E-state index in [0.717, 1.165) is 0 Å². The lowest BCUT2D eigenvalue weighted by Crippen LogP contribution is -2.31. The number of halogens is 1. The summed E-state index contributed by atoms with van der Waals surface area (Å²) in [5, 5.41) is 16.1. The van der Waals surface area contributed by atoms with Crippen molar-refractivity contribution in [2.45, 2.75) is 12.1 Å². The summed E-state index contributed by atoms with van der Waals surface area (Å²) in [6.45, 7) is 0. The van der Waals surface area contributed by atoms with Crippen LogP contribution in [0.25, 0.3) is 0 Å². The highest BCUT2D eigenvalue weighted by molar-refractivity contribution is 7.91. The Hall–Kier alpha value is -2.09. The molecule has 0 aliphatic carbocycles. The van der Waals surface area contributed by atoms with Crippen molar-refractivity contribution in [1.82, 2.24) is 0 Å². The van der Waals surface area contributed by atoms with Crippen LogP contribution in [-0.4, -0.2) is 43.1 Å². The summed E-state index contributed by atoms with van der Waals surface area (Å²) in [5.41, 5.74) is 1.55. The summed E-state index contributed by atoms with van der Waals surface area (Å²) in [6.07, 6.45) is -0.964. The Morgan fingerprint density at radius 2 is 1.80 bits per heavy atom. The molecule has 8 heteroatoms. The Balaban J connectivity index is 1.72. The van der Waals surface area contributed by atoms with Crippen LogP contribution >= 0.6 is 11.6 Å². The summed E-state index contributed by atoms with van der Waals surface area (Å²) in [6, 6.07) is 12.9. The first-order valence-corrected chi connectivity index (χ1v) is 9.84. The highest BCUT2D eigenvalue weighted by Gasteiger charge is 2.36. The van der Waals surface area contributed by atoms with Gasteiger partial charge in [0, 0.05) is 22.0 Å². The molecule has 0 aromatic heterocycles. The molecule has 1 aliphatic rings. The predicted octanol–water partition coefficient (Wildman–Crippen LogP) is 2.16. The molecule has 1 amide bonds. The molecule has 0 bridgehead atoms. The largest absolute Gasteiger partial charge is 0.390 e. The molecular weight excluding hydrogens is 364 g/mol. The molecule has 2 aromatic carbocycles. The van der Waals surface area contributed by atoms with Gasteiger partial charge in [0.2, 0.25) is 0 Å². The standard InChI is InChI=1S/C17H17ClN2O4S/c18-12-4-2-6-14(8-12)20-17(22)11-3-1-5-13(7-11)19-15-9-25(23,24)10-16(15)21/h1-8,15-16,19,21H,9-10H2,(H,20,22)/t15-,16-/m0/s1. The summed E-state index contributed by atoms with van der Waals surface area (Å²) < 4.78 is 23.1. The lowest BCUT2D eigenvalue weighted by Gasteiger charge is -2.17. The van der Waals surface area contributed by atoms with Crippen LogP contribution < -0.4 is 10.6 Å². The van der Waals surface area contributed by atoms with Crippen LogP contribution in [0.4, 0.5) is 11.4 Å². The van der Waals surface area contributed by atoms with Gasteiger partial charge < -0.3 is 15.7 Å². The quantitative estimate of drug-likeness (QED) is 0.755.